The lowest BCUT2D eigenvalue weighted by Gasteiger charge is -2.39. The summed E-state index contributed by atoms with van der Waals surface area (Å²) in [6, 6.07) is 11.9. The van der Waals surface area contributed by atoms with Gasteiger partial charge in [-0.1, -0.05) is 23.7 Å². The van der Waals surface area contributed by atoms with Gasteiger partial charge in [-0.25, -0.2) is 0 Å². The van der Waals surface area contributed by atoms with Crippen LogP contribution in [0.3, 0.4) is 0 Å². The van der Waals surface area contributed by atoms with Gasteiger partial charge >= 0.3 is 0 Å². The molecule has 0 atom stereocenters. The molecule has 0 bridgehead atoms. The van der Waals surface area contributed by atoms with Crippen molar-refractivity contribution in [3.63, 3.8) is 0 Å². The molecule has 0 radical (unpaired) electrons. The van der Waals surface area contributed by atoms with Gasteiger partial charge in [-0.3, -0.25) is 4.79 Å². The maximum atomic E-state index is 13.0. The molecule has 2 fully saturated rings. The number of carbonyl (C=O) groups is 1. The normalized spacial score (nSPS) is 18.4. The molecule has 6 nitrogen and oxygen atoms in total. The molecule has 3 heterocycles. The maximum absolute atomic E-state index is 13.0. The first-order chi connectivity index (χ1) is 13.6. The lowest BCUT2D eigenvalue weighted by molar-refractivity contribution is -0.136. The topological polar surface area (TPSA) is 52.6 Å². The van der Waals surface area contributed by atoms with Crippen LogP contribution in [0.5, 0.6) is 0 Å². The van der Waals surface area contributed by atoms with Crippen LogP contribution in [0.2, 0.25) is 5.02 Å². The van der Waals surface area contributed by atoms with Gasteiger partial charge in [-0.2, -0.15) is 5.10 Å². The van der Waals surface area contributed by atoms with Gasteiger partial charge in [0.15, 0.2) is 5.82 Å². The average Bonchev–Trinajstić information content (AvgIpc) is 2.74. The van der Waals surface area contributed by atoms with Gasteiger partial charge in [0, 0.05) is 45.2 Å². The van der Waals surface area contributed by atoms with Crippen molar-refractivity contribution in [3.8, 4) is 0 Å². The minimum Gasteiger partial charge on any atom is -0.367 e. The number of nitrogens with zero attached hydrogens (tertiary/aromatic N) is 5. The minimum atomic E-state index is 0.113. The van der Waals surface area contributed by atoms with E-state index in [0.29, 0.717) is 5.91 Å². The van der Waals surface area contributed by atoms with Crippen LogP contribution in [0.25, 0.3) is 0 Å². The molecule has 1 amide bonds. The zero-order chi connectivity index (χ0) is 19.5. The Kier molecular flexibility index (Phi) is 5.67. The highest BCUT2D eigenvalue weighted by atomic mass is 35.5. The van der Waals surface area contributed by atoms with E-state index in [4.69, 9.17) is 11.6 Å². The second-order valence-corrected chi connectivity index (χ2v) is 7.97. The molecular weight excluding hydrogens is 374 g/mol. The van der Waals surface area contributed by atoms with Crippen molar-refractivity contribution in [3.05, 3.63) is 47.1 Å². The van der Waals surface area contributed by atoms with Gasteiger partial charge in [-0.05, 0) is 44.0 Å². The van der Waals surface area contributed by atoms with Crippen LogP contribution < -0.4 is 9.80 Å². The van der Waals surface area contributed by atoms with E-state index in [1.54, 1.807) is 0 Å². The lowest BCUT2D eigenvalue weighted by atomic mass is 9.95. The van der Waals surface area contributed by atoms with E-state index in [-0.39, 0.29) is 5.92 Å². The summed E-state index contributed by atoms with van der Waals surface area (Å²) in [7, 11) is 0. The largest absolute Gasteiger partial charge is 0.367 e. The number of benzene rings is 1. The van der Waals surface area contributed by atoms with Crippen LogP contribution in [0.1, 0.15) is 18.5 Å². The smallest absolute Gasteiger partial charge is 0.225 e. The first kappa shape index (κ1) is 19.0. The van der Waals surface area contributed by atoms with E-state index in [9.17, 15) is 4.79 Å². The summed E-state index contributed by atoms with van der Waals surface area (Å²) in [4.78, 5) is 19.5. The Hall–Kier alpha value is -2.34. The molecule has 7 heteroatoms. The lowest BCUT2D eigenvalue weighted by Crippen LogP contribution is -2.51. The van der Waals surface area contributed by atoms with Crippen molar-refractivity contribution < 1.29 is 4.79 Å². The SMILES string of the molecule is Cc1ccc(N2CCC(C(=O)N3CCN(c4ccccc4Cl)CC3)CC2)nn1. The maximum Gasteiger partial charge on any atom is 0.225 e. The van der Waals surface area contributed by atoms with Gasteiger partial charge in [0.2, 0.25) is 5.91 Å². The summed E-state index contributed by atoms with van der Waals surface area (Å²) >= 11 is 6.31. The van der Waals surface area contributed by atoms with E-state index in [2.05, 4.69) is 20.0 Å². The molecule has 2 saturated heterocycles. The Balaban J connectivity index is 1.29. The fraction of sp³-hybridized carbons (Fsp3) is 0.476. The van der Waals surface area contributed by atoms with Gasteiger partial charge in [-0.15, -0.1) is 5.10 Å². The number of halogens is 1. The molecule has 4 rings (SSSR count). The van der Waals surface area contributed by atoms with Crippen LogP contribution in [0.4, 0.5) is 11.5 Å². The predicted octanol–water partition coefficient (Wildman–Crippen LogP) is 3.00. The van der Waals surface area contributed by atoms with E-state index in [0.717, 1.165) is 74.3 Å². The first-order valence-electron chi connectivity index (χ1n) is 9.95. The Morgan fingerprint density at radius 3 is 2.29 bits per heavy atom. The molecule has 2 aromatic rings. The van der Waals surface area contributed by atoms with Crippen LogP contribution in [0, 0.1) is 12.8 Å². The van der Waals surface area contributed by atoms with Crippen molar-refractivity contribution in [1.29, 1.82) is 0 Å². The number of para-hydroxylation sites is 1. The molecule has 148 valence electrons. The number of aromatic nitrogens is 2. The highest BCUT2D eigenvalue weighted by Crippen LogP contribution is 2.27. The zero-order valence-electron chi connectivity index (χ0n) is 16.2. The number of rotatable bonds is 3. The molecule has 0 spiro atoms. The number of anilines is 2. The number of amides is 1. The standard InChI is InChI=1S/C21H26ClN5O/c1-16-6-7-20(24-23-16)26-10-8-17(9-11-26)21(28)27-14-12-25(13-15-27)19-5-3-2-4-18(19)22/h2-7,17H,8-15H2,1H3. The first-order valence-corrected chi connectivity index (χ1v) is 10.3. The van der Waals surface area contributed by atoms with Crippen LogP contribution >= 0.6 is 11.6 Å². The van der Waals surface area contributed by atoms with Crippen molar-refractivity contribution in [2.75, 3.05) is 49.1 Å². The molecule has 2 aliphatic rings. The van der Waals surface area contributed by atoms with Crippen molar-refractivity contribution in [1.82, 2.24) is 15.1 Å². The zero-order valence-corrected chi connectivity index (χ0v) is 17.0. The van der Waals surface area contributed by atoms with Crippen molar-refractivity contribution >= 4 is 29.0 Å². The number of hydrogen-bond donors (Lipinski definition) is 0. The third-order valence-corrected chi connectivity index (χ3v) is 6.06. The summed E-state index contributed by atoms with van der Waals surface area (Å²) in [5.74, 6) is 1.32. The number of carbonyl (C=O) groups excluding carboxylic acids is 1. The average molecular weight is 400 g/mol. The Bertz CT molecular complexity index is 812. The number of piperidine rings is 1. The second kappa shape index (κ2) is 8.35. The predicted molar refractivity (Wildman–Crippen MR) is 112 cm³/mol. The van der Waals surface area contributed by atoms with E-state index in [1.807, 2.05) is 48.2 Å². The van der Waals surface area contributed by atoms with Crippen molar-refractivity contribution in [2.24, 2.45) is 5.92 Å². The van der Waals surface area contributed by atoms with Crippen molar-refractivity contribution in [2.45, 2.75) is 19.8 Å². The van der Waals surface area contributed by atoms with Gasteiger partial charge in [0.25, 0.3) is 0 Å². The van der Waals surface area contributed by atoms with Crippen LogP contribution in [-0.2, 0) is 4.79 Å². The number of hydrogen-bond acceptors (Lipinski definition) is 5. The summed E-state index contributed by atoms with van der Waals surface area (Å²) in [5, 5.41) is 9.18. The van der Waals surface area contributed by atoms with E-state index in [1.165, 1.54) is 0 Å². The molecule has 2 aliphatic heterocycles. The van der Waals surface area contributed by atoms with E-state index >= 15 is 0 Å². The van der Waals surface area contributed by atoms with E-state index < -0.39 is 0 Å². The van der Waals surface area contributed by atoms with Gasteiger partial charge < -0.3 is 14.7 Å². The molecule has 0 unspecified atom stereocenters. The minimum absolute atomic E-state index is 0.113. The Morgan fingerprint density at radius 2 is 1.64 bits per heavy atom. The molecule has 0 aliphatic carbocycles. The summed E-state index contributed by atoms with van der Waals surface area (Å²) in [6.45, 7) is 6.82. The van der Waals surface area contributed by atoms with Gasteiger partial charge in [0.1, 0.15) is 0 Å². The fourth-order valence-corrected chi connectivity index (χ4v) is 4.31. The highest BCUT2D eigenvalue weighted by molar-refractivity contribution is 6.33. The summed E-state index contributed by atoms with van der Waals surface area (Å²) in [5.41, 5.74) is 1.98. The molecule has 0 saturated carbocycles. The summed E-state index contributed by atoms with van der Waals surface area (Å²) < 4.78 is 0. The Morgan fingerprint density at radius 1 is 0.929 bits per heavy atom. The quantitative estimate of drug-likeness (QED) is 0.794. The van der Waals surface area contributed by atoms with Crippen LogP contribution in [-0.4, -0.2) is 60.3 Å². The Labute approximate surface area is 171 Å². The third kappa shape index (κ3) is 4.07. The number of piperazine rings is 1. The van der Waals surface area contributed by atoms with Gasteiger partial charge in [0.05, 0.1) is 16.4 Å². The molecule has 0 N–H and O–H groups in total. The monoisotopic (exact) mass is 399 g/mol. The molecular formula is C21H26ClN5O. The molecule has 28 heavy (non-hydrogen) atoms. The third-order valence-electron chi connectivity index (χ3n) is 5.74. The number of aryl methyl sites for hydroxylation is 1. The summed E-state index contributed by atoms with van der Waals surface area (Å²) in [6.07, 6.45) is 1.75. The van der Waals surface area contributed by atoms with Crippen LogP contribution in [0.15, 0.2) is 36.4 Å². The second-order valence-electron chi connectivity index (χ2n) is 7.56. The highest BCUT2D eigenvalue weighted by Gasteiger charge is 2.31. The molecule has 1 aromatic heterocycles. The molecule has 1 aromatic carbocycles. The fourth-order valence-electron chi connectivity index (χ4n) is 4.05.